The molecule has 0 fully saturated rings. The number of ether oxygens (including phenoxy) is 1. The lowest BCUT2D eigenvalue weighted by Gasteiger charge is -2.10. The van der Waals surface area contributed by atoms with Gasteiger partial charge >= 0.3 is 7.60 Å². The van der Waals surface area contributed by atoms with Gasteiger partial charge in [-0.05, 0) is 17.7 Å². The van der Waals surface area contributed by atoms with Crippen molar-refractivity contribution in [2.75, 3.05) is 12.3 Å². The summed E-state index contributed by atoms with van der Waals surface area (Å²) in [5.41, 5.74) is 6.94. The highest BCUT2D eigenvalue weighted by Gasteiger charge is 2.15. The van der Waals surface area contributed by atoms with Gasteiger partial charge in [-0.1, -0.05) is 6.07 Å². The summed E-state index contributed by atoms with van der Waals surface area (Å²) in [6, 6.07) is 3.81. The summed E-state index contributed by atoms with van der Waals surface area (Å²) in [5.74, 6) is -0.419. The third-order valence-corrected chi connectivity index (χ3v) is 4.18. The Morgan fingerprint density at radius 3 is 2.80 bits per heavy atom. The van der Waals surface area contributed by atoms with Crippen molar-refractivity contribution >= 4 is 24.6 Å². The maximum Gasteiger partial charge on any atom is 0.329 e. The van der Waals surface area contributed by atoms with Gasteiger partial charge in [0.15, 0.2) is 23.0 Å². The molecule has 0 unspecified atom stereocenters. The Balaban J connectivity index is 1.65. The van der Waals surface area contributed by atoms with Gasteiger partial charge in [0, 0.05) is 0 Å². The van der Waals surface area contributed by atoms with E-state index in [1.807, 2.05) is 0 Å². The number of hydrogen-bond acceptors (Lipinski definition) is 6. The Kier molecular flexibility index (Phi) is 4.67. The Morgan fingerprint density at radius 1 is 1.28 bits per heavy atom. The van der Waals surface area contributed by atoms with E-state index >= 15 is 0 Å². The van der Waals surface area contributed by atoms with Crippen LogP contribution in [0.25, 0.3) is 11.2 Å². The van der Waals surface area contributed by atoms with Crippen molar-refractivity contribution in [3.8, 4) is 5.75 Å². The fourth-order valence-corrected chi connectivity index (χ4v) is 2.99. The number of benzene rings is 1. The van der Waals surface area contributed by atoms with Gasteiger partial charge in [-0.25, -0.2) is 19.3 Å². The standard InChI is InChI=1S/C14H15FN5O4P/c15-10-5-9(6-25(21,22)23)1-2-11(10)24-4-3-20-8-19-12-13(16)17-7-18-14(12)20/h1-2,5,7-8H,3-4,6H2,(H2,16,17,18)(H2,21,22,23). The van der Waals surface area contributed by atoms with Crippen LogP contribution in [0.3, 0.4) is 0 Å². The summed E-state index contributed by atoms with van der Waals surface area (Å²) in [6.07, 6.45) is 2.35. The SMILES string of the molecule is Nc1ncnc2c1ncn2CCOc1ccc(CP(=O)(O)O)cc1F. The number of anilines is 1. The van der Waals surface area contributed by atoms with Crippen LogP contribution in [0.2, 0.25) is 0 Å². The normalized spacial score (nSPS) is 11.8. The molecule has 0 saturated heterocycles. The summed E-state index contributed by atoms with van der Waals surface area (Å²) < 4.78 is 32.0. The Morgan fingerprint density at radius 2 is 2.08 bits per heavy atom. The second-order valence-electron chi connectivity index (χ2n) is 5.31. The van der Waals surface area contributed by atoms with Crippen molar-refractivity contribution in [2.24, 2.45) is 0 Å². The molecular weight excluding hydrogens is 352 g/mol. The van der Waals surface area contributed by atoms with E-state index in [0.717, 1.165) is 6.07 Å². The van der Waals surface area contributed by atoms with E-state index in [1.54, 1.807) is 10.9 Å². The minimum absolute atomic E-state index is 0.00646. The lowest BCUT2D eigenvalue weighted by atomic mass is 10.2. The van der Waals surface area contributed by atoms with Crippen LogP contribution >= 0.6 is 7.60 Å². The zero-order valence-corrected chi connectivity index (χ0v) is 13.8. The molecule has 0 amide bonds. The predicted octanol–water partition coefficient (Wildman–Crippen LogP) is 1.30. The minimum Gasteiger partial charge on any atom is -0.489 e. The molecule has 9 nitrogen and oxygen atoms in total. The third kappa shape index (κ3) is 4.11. The average Bonchev–Trinajstić information content (AvgIpc) is 2.93. The number of halogens is 1. The van der Waals surface area contributed by atoms with E-state index in [9.17, 15) is 8.96 Å². The molecule has 0 atom stereocenters. The molecule has 0 aliphatic rings. The topological polar surface area (TPSA) is 136 Å². The number of fused-ring (bicyclic) bond motifs is 1. The Hall–Kier alpha value is -2.55. The summed E-state index contributed by atoms with van der Waals surface area (Å²) in [4.78, 5) is 29.9. The number of rotatable bonds is 6. The smallest absolute Gasteiger partial charge is 0.329 e. The summed E-state index contributed by atoms with van der Waals surface area (Å²) in [5, 5.41) is 0. The number of nitrogen functional groups attached to an aromatic ring is 1. The van der Waals surface area contributed by atoms with Gasteiger partial charge in [-0.2, -0.15) is 0 Å². The van der Waals surface area contributed by atoms with Gasteiger partial charge < -0.3 is 24.8 Å². The molecule has 2 aromatic heterocycles. The maximum absolute atomic E-state index is 14.0. The molecule has 0 aliphatic carbocycles. The molecule has 0 radical (unpaired) electrons. The van der Waals surface area contributed by atoms with Gasteiger partial charge in [-0.3, -0.25) is 4.57 Å². The summed E-state index contributed by atoms with van der Waals surface area (Å²) in [6.45, 7) is 0.501. The largest absolute Gasteiger partial charge is 0.489 e. The zero-order chi connectivity index (χ0) is 18.0. The first-order chi connectivity index (χ1) is 11.8. The highest BCUT2D eigenvalue weighted by molar-refractivity contribution is 7.50. The van der Waals surface area contributed by atoms with Crippen LogP contribution in [0.15, 0.2) is 30.9 Å². The average molecular weight is 367 g/mol. The fraction of sp³-hybridized carbons (Fsp3) is 0.214. The molecule has 3 rings (SSSR count). The van der Waals surface area contributed by atoms with Crippen molar-refractivity contribution in [3.63, 3.8) is 0 Å². The first kappa shape index (κ1) is 17.3. The van der Waals surface area contributed by atoms with Gasteiger partial charge in [-0.15, -0.1) is 0 Å². The molecular formula is C14H15FN5O4P. The zero-order valence-electron chi connectivity index (χ0n) is 12.9. The molecule has 1 aromatic carbocycles. The van der Waals surface area contributed by atoms with E-state index in [2.05, 4.69) is 15.0 Å². The summed E-state index contributed by atoms with van der Waals surface area (Å²) in [7, 11) is -4.24. The van der Waals surface area contributed by atoms with Crippen molar-refractivity contribution < 1.29 is 23.5 Å². The van der Waals surface area contributed by atoms with E-state index in [1.165, 1.54) is 18.5 Å². The Bertz CT molecular complexity index is 958. The van der Waals surface area contributed by atoms with E-state index in [0.29, 0.717) is 17.7 Å². The van der Waals surface area contributed by atoms with Crippen LogP contribution in [0, 0.1) is 5.82 Å². The second-order valence-corrected chi connectivity index (χ2v) is 6.95. The first-order valence-corrected chi connectivity index (χ1v) is 9.00. The van der Waals surface area contributed by atoms with E-state index in [4.69, 9.17) is 20.3 Å². The van der Waals surface area contributed by atoms with Crippen LogP contribution in [0.5, 0.6) is 5.75 Å². The molecule has 0 aliphatic heterocycles. The molecule has 4 N–H and O–H groups in total. The lowest BCUT2D eigenvalue weighted by molar-refractivity contribution is 0.285. The molecule has 0 spiro atoms. The van der Waals surface area contributed by atoms with Crippen LogP contribution in [-0.4, -0.2) is 35.9 Å². The van der Waals surface area contributed by atoms with Crippen LogP contribution in [0.4, 0.5) is 10.2 Å². The number of imidazole rings is 1. The van der Waals surface area contributed by atoms with Crippen molar-refractivity contribution in [1.82, 2.24) is 19.5 Å². The molecule has 2 heterocycles. The van der Waals surface area contributed by atoms with Crippen molar-refractivity contribution in [1.29, 1.82) is 0 Å². The molecule has 0 saturated carbocycles. The summed E-state index contributed by atoms with van der Waals surface area (Å²) >= 11 is 0. The number of aromatic nitrogens is 4. The van der Waals surface area contributed by atoms with Crippen LogP contribution in [0.1, 0.15) is 5.56 Å². The van der Waals surface area contributed by atoms with Gasteiger partial charge in [0.2, 0.25) is 0 Å². The highest BCUT2D eigenvalue weighted by Crippen LogP contribution is 2.39. The van der Waals surface area contributed by atoms with E-state index in [-0.39, 0.29) is 23.7 Å². The molecule has 25 heavy (non-hydrogen) atoms. The van der Waals surface area contributed by atoms with Gasteiger partial charge in [0.25, 0.3) is 0 Å². The lowest BCUT2D eigenvalue weighted by Crippen LogP contribution is -2.09. The third-order valence-electron chi connectivity index (χ3n) is 3.40. The van der Waals surface area contributed by atoms with Gasteiger partial charge in [0.05, 0.1) is 19.0 Å². The second kappa shape index (κ2) is 6.75. The quantitative estimate of drug-likeness (QED) is 0.555. The molecule has 132 valence electrons. The molecule has 11 heteroatoms. The van der Waals surface area contributed by atoms with Crippen LogP contribution < -0.4 is 10.5 Å². The Labute approximate surface area is 141 Å². The highest BCUT2D eigenvalue weighted by atomic mass is 31.2. The minimum atomic E-state index is -4.24. The first-order valence-electron chi connectivity index (χ1n) is 7.20. The van der Waals surface area contributed by atoms with Crippen LogP contribution in [-0.2, 0) is 17.3 Å². The van der Waals surface area contributed by atoms with Crippen molar-refractivity contribution in [3.05, 3.63) is 42.2 Å². The predicted molar refractivity (Wildman–Crippen MR) is 87.4 cm³/mol. The molecule has 0 bridgehead atoms. The van der Waals surface area contributed by atoms with E-state index < -0.39 is 19.6 Å². The maximum atomic E-state index is 14.0. The molecule has 3 aromatic rings. The van der Waals surface area contributed by atoms with Crippen molar-refractivity contribution in [2.45, 2.75) is 12.7 Å². The number of nitrogens with zero attached hydrogens (tertiary/aromatic N) is 4. The number of hydrogen-bond donors (Lipinski definition) is 3. The monoisotopic (exact) mass is 367 g/mol. The van der Waals surface area contributed by atoms with Gasteiger partial charge in [0.1, 0.15) is 18.5 Å². The fourth-order valence-electron chi connectivity index (χ4n) is 2.31. The number of nitrogens with two attached hydrogens (primary N) is 1.